The third-order valence-electron chi connectivity index (χ3n) is 3.56. The Morgan fingerprint density at radius 2 is 2.18 bits per heavy atom. The van der Waals surface area contributed by atoms with Crippen LogP contribution in [-0.4, -0.2) is 34.0 Å². The van der Waals surface area contributed by atoms with Crippen LogP contribution in [0.15, 0.2) is 30.5 Å². The molecule has 3 N–H and O–H groups in total. The second-order valence-electron chi connectivity index (χ2n) is 4.56. The summed E-state index contributed by atoms with van der Waals surface area (Å²) in [5.74, 6) is 0. The molecule has 2 heterocycles. The van der Waals surface area contributed by atoms with E-state index in [1.165, 1.54) is 0 Å². The molecule has 0 fully saturated rings. The summed E-state index contributed by atoms with van der Waals surface area (Å²) < 4.78 is 0. The molecule has 0 aromatic heterocycles. The fourth-order valence-corrected chi connectivity index (χ4v) is 2.80. The standard InChI is InChI=1S/C13H16N2O2/c1-8-14-6-11-9-4-2-3-5-10(9)13(15(8)11)12(17)7-16/h2-6,8,12-14,16-17H,7H2,1H3. The number of nitrogens with zero attached hydrogens (tertiary/aromatic N) is 1. The molecular formula is C13H16N2O2. The van der Waals surface area contributed by atoms with Gasteiger partial charge < -0.3 is 20.4 Å². The van der Waals surface area contributed by atoms with Crippen LogP contribution in [0.25, 0.3) is 5.70 Å². The predicted octanol–water partition coefficient (Wildman–Crippen LogP) is 0.644. The lowest BCUT2D eigenvalue weighted by molar-refractivity contribution is 0.0253. The first-order valence-corrected chi connectivity index (χ1v) is 5.87. The highest BCUT2D eigenvalue weighted by Crippen LogP contribution is 2.45. The number of nitrogens with one attached hydrogen (secondary N) is 1. The molecule has 0 amide bonds. The Bertz CT molecular complexity index is 472. The Morgan fingerprint density at radius 3 is 2.94 bits per heavy atom. The van der Waals surface area contributed by atoms with E-state index in [0.29, 0.717) is 0 Å². The number of hydrogen-bond donors (Lipinski definition) is 3. The molecule has 0 aliphatic carbocycles. The van der Waals surface area contributed by atoms with Gasteiger partial charge in [0.15, 0.2) is 0 Å². The molecule has 1 aromatic carbocycles. The first-order valence-electron chi connectivity index (χ1n) is 5.87. The van der Waals surface area contributed by atoms with Crippen molar-refractivity contribution in [1.29, 1.82) is 0 Å². The second kappa shape index (κ2) is 3.75. The number of fused-ring (bicyclic) bond motifs is 3. The first kappa shape index (κ1) is 10.6. The number of aliphatic hydroxyl groups excluding tert-OH is 2. The van der Waals surface area contributed by atoms with Crippen molar-refractivity contribution < 1.29 is 10.2 Å². The van der Waals surface area contributed by atoms with Crippen molar-refractivity contribution in [1.82, 2.24) is 10.2 Å². The fourth-order valence-electron chi connectivity index (χ4n) is 2.80. The van der Waals surface area contributed by atoms with Gasteiger partial charge in [-0.3, -0.25) is 0 Å². The molecule has 90 valence electrons. The van der Waals surface area contributed by atoms with E-state index >= 15 is 0 Å². The molecule has 2 aliphatic rings. The molecule has 0 saturated carbocycles. The summed E-state index contributed by atoms with van der Waals surface area (Å²) in [6, 6.07) is 7.88. The highest BCUT2D eigenvalue weighted by Gasteiger charge is 2.42. The lowest BCUT2D eigenvalue weighted by Crippen LogP contribution is -2.40. The third kappa shape index (κ3) is 1.38. The SMILES string of the molecule is CC1NC=C2c3ccccc3C(C(O)CO)N21. The number of hydrogen-bond acceptors (Lipinski definition) is 4. The minimum Gasteiger partial charge on any atom is -0.394 e. The Hall–Kier alpha value is -1.52. The van der Waals surface area contributed by atoms with Crippen LogP contribution in [0.4, 0.5) is 0 Å². The van der Waals surface area contributed by atoms with Gasteiger partial charge >= 0.3 is 0 Å². The lowest BCUT2D eigenvalue weighted by atomic mass is 10.00. The minimum absolute atomic E-state index is 0.142. The van der Waals surface area contributed by atoms with Crippen molar-refractivity contribution in [3.05, 3.63) is 41.6 Å². The van der Waals surface area contributed by atoms with E-state index < -0.39 is 6.10 Å². The van der Waals surface area contributed by atoms with Gasteiger partial charge in [0.2, 0.25) is 0 Å². The second-order valence-corrected chi connectivity index (χ2v) is 4.56. The van der Waals surface area contributed by atoms with E-state index in [2.05, 4.69) is 16.3 Å². The molecule has 3 atom stereocenters. The quantitative estimate of drug-likeness (QED) is 0.700. The highest BCUT2D eigenvalue weighted by atomic mass is 16.3. The molecule has 0 saturated heterocycles. The van der Waals surface area contributed by atoms with Crippen LogP contribution < -0.4 is 5.32 Å². The van der Waals surface area contributed by atoms with E-state index in [0.717, 1.165) is 16.8 Å². The monoisotopic (exact) mass is 232 g/mol. The van der Waals surface area contributed by atoms with Crippen molar-refractivity contribution in [3.63, 3.8) is 0 Å². The summed E-state index contributed by atoms with van der Waals surface area (Å²) in [7, 11) is 0. The van der Waals surface area contributed by atoms with Gasteiger partial charge in [0.1, 0.15) is 6.10 Å². The maximum absolute atomic E-state index is 10.0. The maximum Gasteiger partial charge on any atom is 0.102 e. The Balaban J connectivity index is 2.12. The van der Waals surface area contributed by atoms with Crippen LogP contribution >= 0.6 is 0 Å². The summed E-state index contributed by atoms with van der Waals surface area (Å²) in [4.78, 5) is 2.13. The molecule has 3 rings (SSSR count). The molecule has 4 nitrogen and oxygen atoms in total. The van der Waals surface area contributed by atoms with Gasteiger partial charge in [0.25, 0.3) is 0 Å². The van der Waals surface area contributed by atoms with Crippen LogP contribution in [0.2, 0.25) is 0 Å². The smallest absolute Gasteiger partial charge is 0.102 e. The minimum atomic E-state index is -0.760. The predicted molar refractivity (Wildman–Crippen MR) is 64.7 cm³/mol. The molecule has 0 bridgehead atoms. The van der Waals surface area contributed by atoms with Gasteiger partial charge in [-0.1, -0.05) is 24.3 Å². The summed E-state index contributed by atoms with van der Waals surface area (Å²) in [5, 5.41) is 22.5. The van der Waals surface area contributed by atoms with Gasteiger partial charge in [-0.2, -0.15) is 0 Å². The average molecular weight is 232 g/mol. The van der Waals surface area contributed by atoms with E-state index in [4.69, 9.17) is 0 Å². The molecule has 4 heteroatoms. The van der Waals surface area contributed by atoms with Gasteiger partial charge in [-0.05, 0) is 12.5 Å². The van der Waals surface area contributed by atoms with Gasteiger partial charge in [-0.25, -0.2) is 0 Å². The van der Waals surface area contributed by atoms with Gasteiger partial charge in [0.05, 0.1) is 24.5 Å². The molecule has 0 radical (unpaired) electrons. The van der Waals surface area contributed by atoms with E-state index in [9.17, 15) is 10.2 Å². The molecule has 17 heavy (non-hydrogen) atoms. The van der Waals surface area contributed by atoms with Crippen LogP contribution in [0.5, 0.6) is 0 Å². The number of benzene rings is 1. The zero-order valence-electron chi connectivity index (χ0n) is 9.67. The summed E-state index contributed by atoms with van der Waals surface area (Å²) in [5.41, 5.74) is 3.33. The Labute approximate surface area is 100 Å². The summed E-state index contributed by atoms with van der Waals surface area (Å²) >= 11 is 0. The van der Waals surface area contributed by atoms with Gasteiger partial charge in [0, 0.05) is 11.8 Å². The van der Waals surface area contributed by atoms with E-state index in [1.807, 2.05) is 31.3 Å². The Kier molecular flexibility index (Phi) is 2.34. The highest BCUT2D eigenvalue weighted by molar-refractivity contribution is 5.74. The molecule has 3 unspecified atom stereocenters. The summed E-state index contributed by atoms with van der Waals surface area (Å²) in [6.07, 6.45) is 1.36. The van der Waals surface area contributed by atoms with Crippen LogP contribution in [-0.2, 0) is 0 Å². The van der Waals surface area contributed by atoms with Crippen molar-refractivity contribution in [2.24, 2.45) is 0 Å². The van der Waals surface area contributed by atoms with Gasteiger partial charge in [-0.15, -0.1) is 0 Å². The molecule has 0 spiro atoms. The first-order chi connectivity index (χ1) is 8.24. The van der Waals surface area contributed by atoms with E-state index in [-0.39, 0.29) is 18.8 Å². The average Bonchev–Trinajstić information content (AvgIpc) is 2.87. The number of rotatable bonds is 2. The third-order valence-corrected chi connectivity index (χ3v) is 3.56. The topological polar surface area (TPSA) is 55.7 Å². The van der Waals surface area contributed by atoms with Crippen molar-refractivity contribution in [3.8, 4) is 0 Å². The molecule has 2 aliphatic heterocycles. The number of aliphatic hydroxyl groups is 2. The zero-order chi connectivity index (χ0) is 12.0. The Morgan fingerprint density at radius 1 is 1.41 bits per heavy atom. The molecule has 1 aromatic rings. The lowest BCUT2D eigenvalue weighted by Gasteiger charge is -2.31. The van der Waals surface area contributed by atoms with Crippen molar-refractivity contribution in [2.45, 2.75) is 25.2 Å². The normalized spacial score (nSPS) is 27.2. The van der Waals surface area contributed by atoms with Crippen molar-refractivity contribution in [2.75, 3.05) is 6.61 Å². The fraction of sp³-hybridized carbons (Fsp3) is 0.385. The zero-order valence-corrected chi connectivity index (χ0v) is 9.67. The summed E-state index contributed by atoms with van der Waals surface area (Å²) in [6.45, 7) is 1.82. The van der Waals surface area contributed by atoms with Crippen molar-refractivity contribution >= 4 is 5.70 Å². The largest absolute Gasteiger partial charge is 0.394 e. The maximum atomic E-state index is 10.0. The van der Waals surface area contributed by atoms with Crippen LogP contribution in [0, 0.1) is 0 Å². The molecular weight excluding hydrogens is 216 g/mol. The van der Waals surface area contributed by atoms with Crippen LogP contribution in [0.1, 0.15) is 24.1 Å². The van der Waals surface area contributed by atoms with Crippen LogP contribution in [0.3, 0.4) is 0 Å². The van der Waals surface area contributed by atoms with E-state index in [1.54, 1.807) is 0 Å².